The first-order valence-corrected chi connectivity index (χ1v) is 34.0. The van der Waals surface area contributed by atoms with Gasteiger partial charge in [-0.25, -0.2) is 39.5 Å². The van der Waals surface area contributed by atoms with E-state index in [1.165, 1.54) is 38.2 Å². The van der Waals surface area contributed by atoms with Gasteiger partial charge in [-0.1, -0.05) is 18.1 Å². The molecule has 10 heterocycles. The first-order valence-electron chi connectivity index (χ1n) is 32.9. The number of pyridine rings is 8. The number of methoxy groups -OCH3 is 2. The lowest BCUT2D eigenvalue weighted by molar-refractivity contribution is -0.121. The van der Waals surface area contributed by atoms with E-state index in [0.29, 0.717) is 62.5 Å². The van der Waals surface area contributed by atoms with E-state index < -0.39 is 47.3 Å². The highest BCUT2D eigenvalue weighted by atomic mass is 127. The molecule has 0 saturated heterocycles. The van der Waals surface area contributed by atoms with Crippen molar-refractivity contribution in [3.8, 4) is 81.0 Å². The maximum Gasteiger partial charge on any atom is 0.410 e. The summed E-state index contributed by atoms with van der Waals surface area (Å²) in [6.07, 6.45) is 15.5. The number of anilines is 2. The first kappa shape index (κ1) is 73.9. The summed E-state index contributed by atoms with van der Waals surface area (Å²) in [6.45, 7) is 21.8. The van der Waals surface area contributed by atoms with Gasteiger partial charge < -0.3 is 29.6 Å². The molecule has 0 radical (unpaired) electrons. The van der Waals surface area contributed by atoms with Crippen molar-refractivity contribution >= 4 is 91.1 Å². The van der Waals surface area contributed by atoms with Gasteiger partial charge in [0.15, 0.2) is 0 Å². The standard InChI is InChI=1S/C40H39N7O4.C30H32N6O4.C10H8IN/c1-24-18-21-47-34(22-24)45-35(31-10-9-19-42-38(31)50-8)36(47)30-14-16-33(44-37(48)26(3)46(7)39(49)51-40(4,5)6)43-32(30)15-12-27-11-13-29-25(2)41-20-17-28(29)23-27;1-9-22-20(12-13-23(32-22)33-27(37)19(3)35(7)29(38)40-30(4,5)6)26-25(21-11-10-15-31-28(21)39-8)34-24-17-18(2)14-16-36(24)26;1-7-10-3-2-9(11)6-8(10)4-5-12-7/h9-11,13-14,16-23,26H,1-8H3,(H,43,44,48);1,10-17,19H,2-8H3,(H,32,33,37);2-6H,1H3. The molecule has 23 heteroatoms. The van der Waals surface area contributed by atoms with Crippen LogP contribution in [0.1, 0.15) is 94.9 Å². The van der Waals surface area contributed by atoms with E-state index in [0.717, 1.165) is 55.8 Å². The summed E-state index contributed by atoms with van der Waals surface area (Å²) >= 11 is 2.32. The number of carbonyl (C=O) groups is 4. The molecule has 2 unspecified atom stereocenters. The molecule has 0 fully saturated rings. The topological polar surface area (TPSA) is 248 Å². The molecule has 0 saturated carbocycles. The Balaban J connectivity index is 0.000000194. The smallest absolute Gasteiger partial charge is 0.410 e. The van der Waals surface area contributed by atoms with Gasteiger partial charge in [-0.15, -0.1) is 6.42 Å². The Morgan fingerprint density at radius 1 is 0.524 bits per heavy atom. The minimum Gasteiger partial charge on any atom is -0.481 e. The molecule has 0 spiro atoms. The summed E-state index contributed by atoms with van der Waals surface area (Å²) in [5, 5.41) is 10.2. The van der Waals surface area contributed by atoms with Crippen LogP contribution in [-0.4, -0.2) is 134 Å². The number of halogens is 1. The minimum absolute atomic E-state index is 0.247. The fourth-order valence-electron chi connectivity index (χ4n) is 10.9. The zero-order valence-corrected chi connectivity index (χ0v) is 62.4. The average Bonchev–Trinajstić information content (AvgIpc) is 1.62. The number of nitrogens with zero attached hydrogens (tertiary/aromatic N) is 12. The fraction of sp³-hybridized carbons (Fsp3) is 0.250. The molecule has 2 N–H and O–H groups in total. The number of ether oxygens (including phenoxy) is 4. The van der Waals surface area contributed by atoms with Gasteiger partial charge in [-0.3, -0.25) is 38.2 Å². The second-order valence-corrected chi connectivity index (χ2v) is 27.5. The predicted molar refractivity (Wildman–Crippen MR) is 410 cm³/mol. The van der Waals surface area contributed by atoms with Gasteiger partial charge in [0, 0.05) is 93.7 Å². The predicted octanol–water partition coefficient (Wildman–Crippen LogP) is 15.3. The van der Waals surface area contributed by atoms with E-state index in [2.05, 4.69) is 94.1 Å². The fourth-order valence-corrected chi connectivity index (χ4v) is 11.4. The SMILES string of the molecule is C#Cc1nc(NC(=O)C(C)N(C)C(=O)OC(C)(C)C)ccc1-c1c(-c2cccnc2OC)nc2cc(C)ccn12.COc1ncccc1-c1nc2cc(C)ccn2c1-c1ccc(NC(=O)C(C)N(C)C(=O)OC(C)(C)C)nc1C#Cc1ccc2c(C)nccc2c1.Cc1nccc2cc(I)ccc12. The highest BCUT2D eigenvalue weighted by Gasteiger charge is 2.31. The van der Waals surface area contributed by atoms with Crippen LogP contribution in [0.2, 0.25) is 0 Å². The number of amides is 4. The molecular weight excluding hydrogens is 1410 g/mol. The Bertz CT molecular complexity index is 5350. The van der Waals surface area contributed by atoms with E-state index in [1.807, 2.05) is 140 Å². The number of aryl methyl sites for hydroxylation is 4. The minimum atomic E-state index is -0.849. The molecule has 0 aliphatic carbocycles. The van der Waals surface area contributed by atoms with Crippen LogP contribution in [0.15, 0.2) is 159 Å². The van der Waals surface area contributed by atoms with E-state index >= 15 is 0 Å². The van der Waals surface area contributed by atoms with Crippen molar-refractivity contribution < 1.29 is 38.1 Å². The van der Waals surface area contributed by atoms with Gasteiger partial charge in [-0.05, 0) is 249 Å². The van der Waals surface area contributed by atoms with Crippen LogP contribution in [-0.2, 0) is 19.1 Å². The average molecular weight is 1490 g/mol. The largest absolute Gasteiger partial charge is 0.481 e. The van der Waals surface area contributed by atoms with Crippen LogP contribution >= 0.6 is 22.6 Å². The first-order chi connectivity index (χ1) is 49.0. The third-order valence-electron chi connectivity index (χ3n) is 16.4. The van der Waals surface area contributed by atoms with Gasteiger partial charge in [0.25, 0.3) is 0 Å². The number of aromatic nitrogens is 10. The van der Waals surface area contributed by atoms with Gasteiger partial charge in [-0.2, -0.15) is 0 Å². The highest BCUT2D eigenvalue weighted by molar-refractivity contribution is 14.1. The molecule has 10 aromatic heterocycles. The summed E-state index contributed by atoms with van der Waals surface area (Å²) in [5.41, 5.74) is 11.1. The number of hydrogen-bond donors (Lipinski definition) is 2. The Morgan fingerprint density at radius 2 is 0.971 bits per heavy atom. The molecule has 524 valence electrons. The summed E-state index contributed by atoms with van der Waals surface area (Å²) < 4.78 is 27.2. The van der Waals surface area contributed by atoms with Crippen molar-refractivity contribution in [3.63, 3.8) is 0 Å². The van der Waals surface area contributed by atoms with Crippen LogP contribution < -0.4 is 20.1 Å². The Labute approximate surface area is 611 Å². The third kappa shape index (κ3) is 17.3. The van der Waals surface area contributed by atoms with Crippen LogP contribution in [0.4, 0.5) is 21.2 Å². The quantitative estimate of drug-likeness (QED) is 0.0852. The third-order valence-corrected chi connectivity index (χ3v) is 17.1. The van der Waals surface area contributed by atoms with Gasteiger partial charge >= 0.3 is 12.2 Å². The van der Waals surface area contributed by atoms with Crippen molar-refractivity contribution in [1.29, 1.82) is 0 Å². The van der Waals surface area contributed by atoms with Crippen LogP contribution in [0, 0.1) is 55.4 Å². The Kier molecular flexibility index (Phi) is 22.5. The van der Waals surface area contributed by atoms with Crippen molar-refractivity contribution in [2.24, 2.45) is 0 Å². The Hall–Kier alpha value is -11.8. The molecular formula is C80H79IN14O8. The van der Waals surface area contributed by atoms with Crippen molar-refractivity contribution in [1.82, 2.24) is 58.5 Å². The molecule has 22 nitrogen and oxygen atoms in total. The lowest BCUT2D eigenvalue weighted by Gasteiger charge is -2.28. The summed E-state index contributed by atoms with van der Waals surface area (Å²) in [7, 11) is 6.15. The maximum atomic E-state index is 13.4. The van der Waals surface area contributed by atoms with Crippen LogP contribution in [0.5, 0.6) is 11.8 Å². The van der Waals surface area contributed by atoms with Gasteiger partial charge in [0.1, 0.15) is 69.0 Å². The number of hydrogen-bond acceptors (Lipinski definition) is 16. The molecule has 12 aromatic rings. The number of terminal acetylenes is 1. The number of fused-ring (bicyclic) bond motifs is 4. The highest BCUT2D eigenvalue weighted by Crippen LogP contribution is 2.40. The number of likely N-dealkylation sites (N-methyl/N-ethyl adjacent to an activating group) is 2. The molecule has 12 rings (SSSR count). The maximum absolute atomic E-state index is 13.4. The van der Waals surface area contributed by atoms with E-state index in [9.17, 15) is 19.2 Å². The van der Waals surface area contributed by atoms with Crippen LogP contribution in [0.3, 0.4) is 0 Å². The number of benzene rings is 2. The summed E-state index contributed by atoms with van der Waals surface area (Å²) in [6, 6.07) is 37.1. The molecule has 0 aliphatic rings. The molecule has 2 atom stereocenters. The molecule has 103 heavy (non-hydrogen) atoms. The molecule has 2 aromatic carbocycles. The molecule has 0 aliphatic heterocycles. The van der Waals surface area contributed by atoms with Crippen molar-refractivity contribution in [2.75, 3.05) is 38.9 Å². The molecule has 4 amide bonds. The summed E-state index contributed by atoms with van der Waals surface area (Å²) in [4.78, 5) is 90.7. The second-order valence-electron chi connectivity index (χ2n) is 26.3. The van der Waals surface area contributed by atoms with E-state index in [1.54, 1.807) is 106 Å². The van der Waals surface area contributed by atoms with Gasteiger partial charge in [0.2, 0.25) is 23.6 Å². The number of carbonyl (C=O) groups excluding carboxylic acids is 4. The number of rotatable bonds is 12. The Morgan fingerprint density at radius 3 is 1.43 bits per heavy atom. The van der Waals surface area contributed by atoms with E-state index in [-0.39, 0.29) is 11.6 Å². The normalized spacial score (nSPS) is 11.7. The lowest BCUT2D eigenvalue weighted by Crippen LogP contribution is -2.45. The molecule has 0 bridgehead atoms. The van der Waals surface area contributed by atoms with Crippen LogP contribution in [0.25, 0.3) is 77.9 Å². The zero-order chi connectivity index (χ0) is 74.2. The monoisotopic (exact) mass is 1490 g/mol. The number of nitrogens with one attached hydrogen (secondary N) is 2. The zero-order valence-electron chi connectivity index (χ0n) is 60.3. The lowest BCUT2D eigenvalue weighted by atomic mass is 10.0. The van der Waals surface area contributed by atoms with Gasteiger partial charge in [0.05, 0.1) is 36.7 Å². The van der Waals surface area contributed by atoms with Crippen molar-refractivity contribution in [3.05, 3.63) is 202 Å². The van der Waals surface area contributed by atoms with E-state index in [4.69, 9.17) is 40.3 Å². The van der Waals surface area contributed by atoms with Crippen molar-refractivity contribution in [2.45, 2.75) is 106 Å². The summed E-state index contributed by atoms with van der Waals surface area (Å²) in [5.74, 6) is 9.70. The number of imidazole rings is 2. The second kappa shape index (κ2) is 31.4.